The molecule has 0 saturated carbocycles. The summed E-state index contributed by atoms with van der Waals surface area (Å²) in [4.78, 5) is 24.9. The minimum atomic E-state index is -0.873. The number of fused-ring (bicyclic) bond motifs is 1. The van der Waals surface area contributed by atoms with Gasteiger partial charge in [0.15, 0.2) is 5.57 Å². The Balaban J connectivity index is 2.56. The largest absolute Gasteiger partial charge is 0.419 e. The van der Waals surface area contributed by atoms with E-state index in [0.29, 0.717) is 5.69 Å². The van der Waals surface area contributed by atoms with E-state index in [-0.39, 0.29) is 22.2 Å². The highest BCUT2D eigenvalue weighted by atomic mass is 16.4. The number of hydrogen-bond acceptors (Lipinski definition) is 7. The van der Waals surface area contributed by atoms with Gasteiger partial charge in [-0.1, -0.05) is 0 Å². The maximum absolute atomic E-state index is 11.6. The fourth-order valence-electron chi connectivity index (χ4n) is 1.60. The molecule has 8 nitrogen and oxygen atoms in total. The van der Waals surface area contributed by atoms with Gasteiger partial charge in [0, 0.05) is 5.69 Å². The number of hydrogen-bond donors (Lipinski definition) is 2. The number of allylic oxidation sites excluding steroid dienone is 2. The maximum atomic E-state index is 11.6. The van der Waals surface area contributed by atoms with Crippen molar-refractivity contribution in [2.75, 3.05) is 5.32 Å². The molecule has 2 N–H and O–H groups in total. The Kier molecular flexibility index (Phi) is 3.52. The molecule has 0 amide bonds. The lowest BCUT2D eigenvalue weighted by molar-refractivity contribution is 0.460. The van der Waals surface area contributed by atoms with Crippen LogP contribution >= 0.6 is 0 Å². The second-order valence-corrected chi connectivity index (χ2v) is 3.77. The highest BCUT2D eigenvalue weighted by Gasteiger charge is 2.08. The first-order valence-electron chi connectivity index (χ1n) is 5.48. The van der Waals surface area contributed by atoms with E-state index in [0.717, 1.165) is 0 Å². The molecule has 0 spiro atoms. The molecule has 100 valence electrons. The van der Waals surface area contributed by atoms with Crippen molar-refractivity contribution >= 4 is 16.6 Å². The van der Waals surface area contributed by atoms with Gasteiger partial charge in [0.2, 0.25) is 0 Å². The molecular formula is C13H5N5O3. The van der Waals surface area contributed by atoms with Crippen molar-refractivity contribution in [1.82, 2.24) is 4.98 Å². The topological polar surface area (TPSA) is 146 Å². The molecule has 1 heterocycles. The fraction of sp³-hybridized carbons (Fsp3) is 0. The van der Waals surface area contributed by atoms with Crippen molar-refractivity contribution in [3.05, 3.63) is 50.4 Å². The molecule has 1 aromatic heterocycles. The van der Waals surface area contributed by atoms with Gasteiger partial charge >= 0.3 is 11.4 Å². The summed E-state index contributed by atoms with van der Waals surface area (Å²) in [5, 5.41) is 29.0. The van der Waals surface area contributed by atoms with Gasteiger partial charge in [-0.25, -0.2) is 9.59 Å². The van der Waals surface area contributed by atoms with E-state index in [1.807, 2.05) is 0 Å². The number of rotatable bonds is 2. The molecule has 0 aliphatic carbocycles. The minimum Gasteiger partial charge on any atom is -0.372 e. The molecule has 1 aromatic carbocycles. The number of aromatic nitrogens is 1. The van der Waals surface area contributed by atoms with Gasteiger partial charge in [0.1, 0.15) is 23.9 Å². The van der Waals surface area contributed by atoms with Gasteiger partial charge in [0.05, 0.1) is 10.9 Å². The van der Waals surface area contributed by atoms with Crippen LogP contribution in [0.15, 0.2) is 43.5 Å². The van der Waals surface area contributed by atoms with Crippen molar-refractivity contribution in [2.24, 2.45) is 0 Å². The van der Waals surface area contributed by atoms with Gasteiger partial charge in [-0.05, 0) is 18.2 Å². The van der Waals surface area contributed by atoms with E-state index in [2.05, 4.69) is 14.7 Å². The van der Waals surface area contributed by atoms with Crippen LogP contribution < -0.4 is 16.7 Å². The summed E-state index contributed by atoms with van der Waals surface area (Å²) < 4.78 is 4.39. The molecule has 0 saturated heterocycles. The molecule has 0 bridgehead atoms. The summed E-state index contributed by atoms with van der Waals surface area (Å²) in [6.45, 7) is 0. The molecular weight excluding hydrogens is 274 g/mol. The van der Waals surface area contributed by atoms with Gasteiger partial charge in [-0.3, -0.25) is 4.98 Å². The number of nitriles is 3. The molecule has 8 heteroatoms. The van der Waals surface area contributed by atoms with Crippen molar-refractivity contribution in [2.45, 2.75) is 0 Å². The van der Waals surface area contributed by atoms with Crippen molar-refractivity contribution in [1.29, 1.82) is 15.8 Å². The molecule has 2 aromatic rings. The zero-order valence-corrected chi connectivity index (χ0v) is 10.3. The number of H-pyrrole nitrogens is 1. The number of aromatic amines is 1. The highest BCUT2D eigenvalue weighted by molar-refractivity contribution is 5.81. The molecule has 0 unspecified atom stereocenters. The molecule has 0 atom stereocenters. The number of nitrogens with one attached hydrogen (secondary N) is 2. The number of benzene rings is 1. The lowest BCUT2D eigenvalue weighted by Crippen LogP contribution is -2.14. The Morgan fingerprint density at radius 3 is 2.48 bits per heavy atom. The smallest absolute Gasteiger partial charge is 0.372 e. The second-order valence-electron chi connectivity index (χ2n) is 3.77. The molecule has 0 fully saturated rings. The highest BCUT2D eigenvalue weighted by Crippen LogP contribution is 2.16. The third-order valence-corrected chi connectivity index (χ3v) is 2.52. The van der Waals surface area contributed by atoms with E-state index < -0.39 is 11.4 Å². The summed E-state index contributed by atoms with van der Waals surface area (Å²) in [5.74, 6) is -0.873. The normalized spacial score (nSPS) is 9.19. The maximum Gasteiger partial charge on any atom is 0.419 e. The third-order valence-electron chi connectivity index (χ3n) is 2.52. The van der Waals surface area contributed by atoms with Crippen LogP contribution in [-0.2, 0) is 0 Å². The van der Waals surface area contributed by atoms with Crippen molar-refractivity contribution in [3.8, 4) is 18.2 Å². The van der Waals surface area contributed by atoms with Crippen LogP contribution in [0.1, 0.15) is 0 Å². The van der Waals surface area contributed by atoms with Crippen LogP contribution in [-0.4, -0.2) is 4.98 Å². The average molecular weight is 279 g/mol. The van der Waals surface area contributed by atoms with Crippen molar-refractivity contribution in [3.63, 3.8) is 0 Å². The summed E-state index contributed by atoms with van der Waals surface area (Å²) in [6, 6.07) is 9.10. The number of anilines is 1. The monoisotopic (exact) mass is 279 g/mol. The molecule has 0 aliphatic rings. The van der Waals surface area contributed by atoms with Crippen molar-refractivity contribution < 1.29 is 4.42 Å². The van der Waals surface area contributed by atoms with E-state index in [9.17, 15) is 9.59 Å². The SMILES string of the molecule is N#CC(C#N)=C(C#N)Nc1ccc2[nH]c(=O)oc(=O)c2c1. The zero-order valence-electron chi connectivity index (χ0n) is 10.3. The van der Waals surface area contributed by atoms with E-state index in [1.165, 1.54) is 18.2 Å². The Morgan fingerprint density at radius 1 is 1.14 bits per heavy atom. The molecule has 0 radical (unpaired) electrons. The lowest BCUT2D eigenvalue weighted by Gasteiger charge is -2.05. The summed E-state index contributed by atoms with van der Waals surface area (Å²) in [6.07, 6.45) is 0. The van der Waals surface area contributed by atoms with Gasteiger partial charge in [-0.15, -0.1) is 0 Å². The summed E-state index contributed by atoms with van der Waals surface area (Å²) in [7, 11) is 0. The van der Waals surface area contributed by atoms with Gasteiger partial charge in [-0.2, -0.15) is 15.8 Å². The van der Waals surface area contributed by atoms with Crippen LogP contribution in [0, 0.1) is 34.0 Å². The van der Waals surface area contributed by atoms with Crippen LogP contribution in [0.4, 0.5) is 5.69 Å². The fourth-order valence-corrected chi connectivity index (χ4v) is 1.60. The van der Waals surface area contributed by atoms with E-state index >= 15 is 0 Å². The van der Waals surface area contributed by atoms with E-state index in [1.54, 1.807) is 18.2 Å². The lowest BCUT2D eigenvalue weighted by atomic mass is 10.2. The number of nitrogens with zero attached hydrogens (tertiary/aromatic N) is 3. The minimum absolute atomic E-state index is 0.0901. The summed E-state index contributed by atoms with van der Waals surface area (Å²) in [5.41, 5.74) is -0.897. The first kappa shape index (κ1) is 13.6. The first-order valence-corrected chi connectivity index (χ1v) is 5.48. The second kappa shape index (κ2) is 5.43. The van der Waals surface area contributed by atoms with E-state index in [4.69, 9.17) is 15.8 Å². The Bertz CT molecular complexity index is 976. The standard InChI is InChI=1S/C13H5N5O3/c14-4-7(5-15)11(6-16)17-8-1-2-10-9(3-8)12(19)21-13(20)18-10/h1-3,17H,(H,18,20). The van der Waals surface area contributed by atoms with Crippen LogP contribution in [0.2, 0.25) is 0 Å². The Morgan fingerprint density at radius 2 is 1.86 bits per heavy atom. The van der Waals surface area contributed by atoms with Crippen LogP contribution in [0.5, 0.6) is 0 Å². The quantitative estimate of drug-likeness (QED) is 0.769. The predicted molar refractivity (Wildman–Crippen MR) is 70.6 cm³/mol. The average Bonchev–Trinajstić information content (AvgIpc) is 2.47. The predicted octanol–water partition coefficient (Wildman–Crippen LogP) is 0.718. The molecule has 2 rings (SSSR count). The van der Waals surface area contributed by atoms with Crippen LogP contribution in [0.25, 0.3) is 10.9 Å². The van der Waals surface area contributed by atoms with Crippen LogP contribution in [0.3, 0.4) is 0 Å². The molecule has 21 heavy (non-hydrogen) atoms. The Labute approximate surface area is 116 Å². The van der Waals surface area contributed by atoms with Gasteiger partial charge in [0.25, 0.3) is 0 Å². The van der Waals surface area contributed by atoms with Gasteiger partial charge < -0.3 is 9.73 Å². The zero-order chi connectivity index (χ0) is 15.4. The first-order chi connectivity index (χ1) is 10.1. The third kappa shape index (κ3) is 2.62. The molecule has 0 aliphatic heterocycles. The summed E-state index contributed by atoms with van der Waals surface area (Å²) >= 11 is 0. The Hall–Kier alpha value is -3.83.